The van der Waals surface area contributed by atoms with Crippen LogP contribution in [0, 0.1) is 5.92 Å². The van der Waals surface area contributed by atoms with Crippen LogP contribution in [0.4, 0.5) is 0 Å². The first kappa shape index (κ1) is 12.7. The molecule has 7 heteroatoms. The molecule has 19 heavy (non-hydrogen) atoms. The average molecular weight is 302 g/mol. The lowest BCUT2D eigenvalue weighted by atomic mass is 9.74. The molecule has 102 valence electrons. The minimum Gasteiger partial charge on any atom is -0.497 e. The van der Waals surface area contributed by atoms with Gasteiger partial charge in [0.2, 0.25) is 5.91 Å². The summed E-state index contributed by atoms with van der Waals surface area (Å²) in [7, 11) is 2.85. The lowest BCUT2D eigenvalue weighted by Gasteiger charge is -2.47. The molecule has 1 heterocycles. The second-order valence-electron chi connectivity index (χ2n) is 4.73. The molecule has 1 saturated heterocycles. The minimum atomic E-state index is -4.03. The molecule has 2 atom stereocenters. The number of rotatable bonds is 2. The smallest absolute Gasteiger partial charge is 0.324 e. The van der Waals surface area contributed by atoms with E-state index in [9.17, 15) is 13.2 Å². The first-order chi connectivity index (χ1) is 8.93. The number of benzene rings is 1. The van der Waals surface area contributed by atoms with Crippen molar-refractivity contribution < 1.29 is 17.9 Å². The van der Waals surface area contributed by atoms with E-state index in [4.69, 9.17) is 15.4 Å². The number of hydrogen-bond acceptors (Lipinski definition) is 4. The van der Waals surface area contributed by atoms with Gasteiger partial charge in [-0.05, 0) is 36.1 Å². The summed E-state index contributed by atoms with van der Waals surface area (Å²) in [6.07, 6.45) is 1.42. The fourth-order valence-electron chi connectivity index (χ4n) is 2.90. The summed E-state index contributed by atoms with van der Waals surface area (Å²) in [4.78, 5) is 11.8. The molecule has 0 aromatic heterocycles. The Labute approximate surface area is 115 Å². The Balaban J connectivity index is 2.09. The van der Waals surface area contributed by atoms with E-state index in [1.807, 2.05) is 12.1 Å². The van der Waals surface area contributed by atoms with Gasteiger partial charge in [0.1, 0.15) is 5.75 Å². The molecule has 2 aliphatic rings. The third-order valence-electron chi connectivity index (χ3n) is 3.80. The molecular formula is C12H12ClNO4S. The molecule has 1 aliphatic heterocycles. The van der Waals surface area contributed by atoms with Crippen molar-refractivity contribution in [2.75, 3.05) is 7.11 Å². The topological polar surface area (TPSA) is 63.7 Å². The summed E-state index contributed by atoms with van der Waals surface area (Å²) in [5.74, 6) is -0.0488. The Morgan fingerprint density at radius 2 is 2.16 bits per heavy atom. The zero-order chi connectivity index (χ0) is 13.8. The van der Waals surface area contributed by atoms with E-state index in [1.54, 1.807) is 13.2 Å². The summed E-state index contributed by atoms with van der Waals surface area (Å²) >= 11 is 0. The quantitative estimate of drug-likeness (QED) is 0.615. The number of carbonyl (C=O) groups excluding carboxylic acids is 1. The zero-order valence-electron chi connectivity index (χ0n) is 10.2. The maximum Gasteiger partial charge on any atom is 0.324 e. The minimum absolute atomic E-state index is 0.284. The summed E-state index contributed by atoms with van der Waals surface area (Å²) in [6.45, 7) is 0. The molecule has 5 nitrogen and oxygen atoms in total. The fourth-order valence-corrected chi connectivity index (χ4v) is 4.24. The molecule has 0 spiro atoms. The molecule has 3 rings (SSSR count). The van der Waals surface area contributed by atoms with Gasteiger partial charge < -0.3 is 4.74 Å². The predicted molar refractivity (Wildman–Crippen MR) is 69.2 cm³/mol. The summed E-state index contributed by atoms with van der Waals surface area (Å²) in [5, 5.41) is 0. The monoisotopic (exact) mass is 301 g/mol. The summed E-state index contributed by atoms with van der Waals surface area (Å²) in [5.41, 5.74) is 1.86. The van der Waals surface area contributed by atoms with Gasteiger partial charge in [-0.1, -0.05) is 6.07 Å². The predicted octanol–water partition coefficient (Wildman–Crippen LogP) is 1.62. The van der Waals surface area contributed by atoms with Gasteiger partial charge in [0.25, 0.3) is 0 Å². The molecular weight excluding hydrogens is 290 g/mol. The van der Waals surface area contributed by atoms with E-state index < -0.39 is 21.2 Å². The Hall–Kier alpha value is -1.27. The maximum absolute atomic E-state index is 11.8. The normalized spacial score (nSPS) is 25.4. The summed E-state index contributed by atoms with van der Waals surface area (Å²) in [6, 6.07) is 5.05. The SMILES string of the molecule is COc1ccc2c(c1)C1C(CC2)C(=O)N1S(=O)(=O)Cl. The first-order valence-corrected chi connectivity index (χ1v) is 8.15. The average Bonchev–Trinajstić information content (AvgIpc) is 2.35. The number of amides is 1. The number of methoxy groups -OCH3 is 1. The number of ether oxygens (including phenoxy) is 1. The van der Waals surface area contributed by atoms with Crippen LogP contribution in [0.25, 0.3) is 0 Å². The van der Waals surface area contributed by atoms with Gasteiger partial charge in [0, 0.05) is 10.7 Å². The number of carbonyl (C=O) groups is 1. The van der Waals surface area contributed by atoms with Crippen LogP contribution in [0.3, 0.4) is 0 Å². The highest BCUT2D eigenvalue weighted by molar-refractivity contribution is 8.12. The van der Waals surface area contributed by atoms with Crippen molar-refractivity contribution in [1.29, 1.82) is 0 Å². The zero-order valence-corrected chi connectivity index (χ0v) is 11.7. The lowest BCUT2D eigenvalue weighted by Crippen LogP contribution is -2.57. The van der Waals surface area contributed by atoms with Crippen LogP contribution >= 0.6 is 10.7 Å². The Kier molecular flexibility index (Phi) is 2.76. The molecule has 1 fully saturated rings. The highest BCUT2D eigenvalue weighted by atomic mass is 35.7. The van der Waals surface area contributed by atoms with E-state index in [-0.39, 0.29) is 5.92 Å². The van der Waals surface area contributed by atoms with Crippen LogP contribution in [0.5, 0.6) is 5.75 Å². The highest BCUT2D eigenvalue weighted by Gasteiger charge is 2.55. The van der Waals surface area contributed by atoms with Gasteiger partial charge in [-0.25, -0.2) is 4.31 Å². The van der Waals surface area contributed by atoms with E-state index in [0.29, 0.717) is 12.2 Å². The van der Waals surface area contributed by atoms with Crippen molar-refractivity contribution in [3.63, 3.8) is 0 Å². The molecule has 1 aromatic rings. The third kappa shape index (κ3) is 1.81. The van der Waals surface area contributed by atoms with Crippen LogP contribution < -0.4 is 4.74 Å². The van der Waals surface area contributed by atoms with Crippen LogP contribution in [0.1, 0.15) is 23.6 Å². The van der Waals surface area contributed by atoms with Crippen molar-refractivity contribution >= 4 is 25.8 Å². The van der Waals surface area contributed by atoms with Crippen LogP contribution in [-0.4, -0.2) is 25.7 Å². The van der Waals surface area contributed by atoms with E-state index in [2.05, 4.69) is 0 Å². The summed E-state index contributed by atoms with van der Waals surface area (Å²) < 4.78 is 28.9. The maximum atomic E-state index is 11.8. The Morgan fingerprint density at radius 1 is 1.42 bits per heavy atom. The van der Waals surface area contributed by atoms with Crippen LogP contribution in [0.15, 0.2) is 18.2 Å². The highest BCUT2D eigenvalue weighted by Crippen LogP contribution is 2.50. The molecule has 0 N–H and O–H groups in total. The third-order valence-corrected chi connectivity index (χ3v) is 5.12. The number of hydrogen-bond donors (Lipinski definition) is 0. The molecule has 0 bridgehead atoms. The van der Waals surface area contributed by atoms with E-state index in [1.165, 1.54) is 0 Å². The van der Waals surface area contributed by atoms with Crippen molar-refractivity contribution in [3.05, 3.63) is 29.3 Å². The van der Waals surface area contributed by atoms with Crippen LogP contribution in [0.2, 0.25) is 0 Å². The van der Waals surface area contributed by atoms with Crippen molar-refractivity contribution in [3.8, 4) is 5.75 Å². The Bertz CT molecular complexity index is 658. The van der Waals surface area contributed by atoms with Crippen molar-refractivity contribution in [1.82, 2.24) is 4.31 Å². The molecule has 0 radical (unpaired) electrons. The largest absolute Gasteiger partial charge is 0.497 e. The van der Waals surface area contributed by atoms with E-state index >= 15 is 0 Å². The molecule has 1 amide bonds. The van der Waals surface area contributed by atoms with Gasteiger partial charge in [-0.2, -0.15) is 8.42 Å². The number of halogens is 1. The van der Waals surface area contributed by atoms with Gasteiger partial charge in [-0.15, -0.1) is 0 Å². The number of β-lactam (4-membered cyclic amide) rings is 1. The second kappa shape index (κ2) is 4.11. The number of nitrogens with zero attached hydrogens (tertiary/aromatic N) is 1. The number of aryl methyl sites for hydroxylation is 1. The molecule has 2 unspecified atom stereocenters. The van der Waals surface area contributed by atoms with Gasteiger partial charge in [0.05, 0.1) is 19.1 Å². The van der Waals surface area contributed by atoms with Crippen LogP contribution in [-0.2, 0) is 20.5 Å². The number of fused-ring (bicyclic) bond motifs is 3. The van der Waals surface area contributed by atoms with Gasteiger partial charge in [-0.3, -0.25) is 4.79 Å². The van der Waals surface area contributed by atoms with Gasteiger partial charge in [0.15, 0.2) is 0 Å². The van der Waals surface area contributed by atoms with Gasteiger partial charge >= 0.3 is 9.24 Å². The molecule has 1 aromatic carbocycles. The van der Waals surface area contributed by atoms with Crippen molar-refractivity contribution in [2.45, 2.75) is 18.9 Å². The van der Waals surface area contributed by atoms with E-state index in [0.717, 1.165) is 21.9 Å². The standard InChI is InChI=1S/C12H12ClNO4S/c1-18-8-4-2-7-3-5-9-11(10(7)6-8)14(12(9)15)19(13,16)17/h2,4,6,9,11H,3,5H2,1H3. The second-order valence-corrected chi connectivity index (χ2v) is 7.12. The Morgan fingerprint density at radius 3 is 2.79 bits per heavy atom. The molecule has 0 saturated carbocycles. The molecule has 1 aliphatic carbocycles. The fraction of sp³-hybridized carbons (Fsp3) is 0.417. The van der Waals surface area contributed by atoms with Crippen molar-refractivity contribution in [2.24, 2.45) is 5.92 Å². The lowest BCUT2D eigenvalue weighted by molar-refractivity contribution is -0.147. The first-order valence-electron chi connectivity index (χ1n) is 5.88.